The van der Waals surface area contributed by atoms with Crippen molar-refractivity contribution in [3.05, 3.63) is 0 Å². The third kappa shape index (κ3) is 3.95. The molecule has 0 spiro atoms. The van der Waals surface area contributed by atoms with Gasteiger partial charge in [0.1, 0.15) is 0 Å². The molecule has 0 aromatic carbocycles. The van der Waals surface area contributed by atoms with E-state index < -0.39 is 0 Å². The molecule has 0 aromatic heterocycles. The highest BCUT2D eigenvalue weighted by atomic mass is 16.2. The number of piperazine rings is 1. The molecule has 1 N–H and O–H groups in total. The molecule has 1 saturated carbocycles. The van der Waals surface area contributed by atoms with Crippen molar-refractivity contribution >= 4 is 11.8 Å². The van der Waals surface area contributed by atoms with Crippen LogP contribution in [0.15, 0.2) is 0 Å². The Morgan fingerprint density at radius 2 is 1.70 bits per heavy atom. The number of nitrogens with one attached hydrogen (secondary N) is 1. The molecule has 0 bridgehead atoms. The van der Waals surface area contributed by atoms with E-state index in [9.17, 15) is 9.59 Å². The van der Waals surface area contributed by atoms with Crippen molar-refractivity contribution in [1.82, 2.24) is 15.1 Å². The van der Waals surface area contributed by atoms with Crippen molar-refractivity contribution in [3.8, 4) is 0 Å². The van der Waals surface area contributed by atoms with Crippen molar-refractivity contribution in [1.29, 1.82) is 0 Å². The molecule has 2 rings (SSSR count). The van der Waals surface area contributed by atoms with Gasteiger partial charge in [0.25, 0.3) is 0 Å². The van der Waals surface area contributed by atoms with Crippen molar-refractivity contribution in [2.75, 3.05) is 32.7 Å². The average Bonchev–Trinajstić information content (AvgIpc) is 3.28. The van der Waals surface area contributed by atoms with Gasteiger partial charge in [-0.15, -0.1) is 0 Å². The van der Waals surface area contributed by atoms with Gasteiger partial charge in [0, 0.05) is 38.6 Å². The number of carbonyl (C=O) groups is 2. The number of nitrogens with zero attached hydrogens (tertiary/aromatic N) is 2. The molecule has 20 heavy (non-hydrogen) atoms. The van der Waals surface area contributed by atoms with Crippen LogP contribution in [0.4, 0.5) is 0 Å². The lowest BCUT2D eigenvalue weighted by Gasteiger charge is -2.37. The van der Waals surface area contributed by atoms with E-state index in [0.717, 1.165) is 45.6 Å². The van der Waals surface area contributed by atoms with Gasteiger partial charge in [0.2, 0.25) is 11.8 Å². The van der Waals surface area contributed by atoms with Gasteiger partial charge in [-0.1, -0.05) is 13.8 Å². The number of hydrogen-bond donors (Lipinski definition) is 1. The fourth-order valence-electron chi connectivity index (χ4n) is 2.54. The number of hydrogen-bond acceptors (Lipinski definition) is 3. The molecule has 1 atom stereocenters. The molecule has 2 amide bonds. The molecule has 1 heterocycles. The van der Waals surface area contributed by atoms with Crippen LogP contribution in [-0.4, -0.2) is 60.4 Å². The van der Waals surface area contributed by atoms with Crippen molar-refractivity contribution in [3.63, 3.8) is 0 Å². The lowest BCUT2D eigenvalue weighted by atomic mass is 10.2. The lowest BCUT2D eigenvalue weighted by Crippen LogP contribution is -2.55. The second-order valence-electron chi connectivity index (χ2n) is 6.45. The van der Waals surface area contributed by atoms with E-state index in [1.54, 1.807) is 0 Å². The molecule has 0 radical (unpaired) electrons. The van der Waals surface area contributed by atoms with Crippen LogP contribution in [0.25, 0.3) is 0 Å². The highest BCUT2D eigenvalue weighted by Crippen LogP contribution is 2.31. The molecular weight excluding hydrogens is 254 g/mol. The number of carbonyl (C=O) groups excluding carboxylic acids is 2. The summed E-state index contributed by atoms with van der Waals surface area (Å²) in [6.07, 6.45) is 2.13. The molecule has 1 saturated heterocycles. The van der Waals surface area contributed by atoms with Crippen molar-refractivity contribution in [2.45, 2.75) is 39.7 Å². The van der Waals surface area contributed by atoms with E-state index in [2.05, 4.69) is 24.1 Å². The van der Waals surface area contributed by atoms with Crippen LogP contribution in [0.3, 0.4) is 0 Å². The highest BCUT2D eigenvalue weighted by molar-refractivity contribution is 5.82. The van der Waals surface area contributed by atoms with Gasteiger partial charge in [-0.2, -0.15) is 0 Å². The standard InChI is InChI=1S/C15H27N3O2/c1-11(2)10-16-14(19)12(3)17-6-8-18(9-7-17)15(20)13-4-5-13/h11-13H,4-10H2,1-3H3,(H,16,19)/t12-/m0/s1. The third-order valence-electron chi connectivity index (χ3n) is 4.16. The minimum atomic E-state index is -0.105. The summed E-state index contributed by atoms with van der Waals surface area (Å²) in [4.78, 5) is 28.2. The quantitative estimate of drug-likeness (QED) is 0.807. The minimum Gasteiger partial charge on any atom is -0.354 e. The number of rotatable bonds is 5. The van der Waals surface area contributed by atoms with E-state index in [-0.39, 0.29) is 11.9 Å². The Morgan fingerprint density at radius 3 is 2.20 bits per heavy atom. The first-order chi connectivity index (χ1) is 9.49. The molecule has 0 unspecified atom stereocenters. The zero-order chi connectivity index (χ0) is 14.7. The summed E-state index contributed by atoms with van der Waals surface area (Å²) in [5.74, 6) is 1.19. The maximum atomic E-state index is 12.0. The summed E-state index contributed by atoms with van der Waals surface area (Å²) >= 11 is 0. The van der Waals surface area contributed by atoms with E-state index >= 15 is 0 Å². The van der Waals surface area contributed by atoms with E-state index in [0.29, 0.717) is 17.7 Å². The number of amides is 2. The van der Waals surface area contributed by atoms with Gasteiger partial charge in [-0.25, -0.2) is 0 Å². The Bertz CT molecular complexity index is 358. The SMILES string of the molecule is CC(C)CNC(=O)[C@H](C)N1CCN(C(=O)C2CC2)CC1. The van der Waals surface area contributed by atoms with Crippen LogP contribution in [0.5, 0.6) is 0 Å². The van der Waals surface area contributed by atoms with Gasteiger partial charge in [-0.3, -0.25) is 14.5 Å². The van der Waals surface area contributed by atoms with Gasteiger partial charge < -0.3 is 10.2 Å². The molecule has 1 aliphatic carbocycles. The fraction of sp³-hybridized carbons (Fsp3) is 0.867. The van der Waals surface area contributed by atoms with Crippen LogP contribution >= 0.6 is 0 Å². The van der Waals surface area contributed by atoms with Crippen LogP contribution < -0.4 is 5.32 Å². The molecule has 5 nitrogen and oxygen atoms in total. The Hall–Kier alpha value is -1.10. The molecule has 2 aliphatic rings. The second-order valence-corrected chi connectivity index (χ2v) is 6.45. The molecule has 114 valence electrons. The predicted octanol–water partition coefficient (Wildman–Crippen LogP) is 0.701. The second kappa shape index (κ2) is 6.57. The third-order valence-corrected chi connectivity index (χ3v) is 4.16. The Balaban J connectivity index is 1.74. The Kier molecular flexibility index (Phi) is 5.02. The topological polar surface area (TPSA) is 52.7 Å². The van der Waals surface area contributed by atoms with E-state index in [1.807, 2.05) is 11.8 Å². The largest absolute Gasteiger partial charge is 0.354 e. The van der Waals surface area contributed by atoms with Crippen LogP contribution in [0.2, 0.25) is 0 Å². The van der Waals surface area contributed by atoms with Crippen molar-refractivity contribution in [2.24, 2.45) is 11.8 Å². The zero-order valence-corrected chi connectivity index (χ0v) is 12.9. The molecule has 0 aromatic rings. The summed E-state index contributed by atoms with van der Waals surface area (Å²) in [5, 5.41) is 2.98. The van der Waals surface area contributed by atoms with Gasteiger partial charge in [-0.05, 0) is 25.7 Å². The summed E-state index contributed by atoms with van der Waals surface area (Å²) in [6, 6.07) is -0.105. The monoisotopic (exact) mass is 281 g/mol. The first-order valence-corrected chi connectivity index (χ1v) is 7.79. The summed E-state index contributed by atoms with van der Waals surface area (Å²) in [6.45, 7) is 9.98. The molecule has 5 heteroatoms. The summed E-state index contributed by atoms with van der Waals surface area (Å²) in [7, 11) is 0. The molecule has 1 aliphatic heterocycles. The van der Waals surface area contributed by atoms with Crippen molar-refractivity contribution < 1.29 is 9.59 Å². The normalized spacial score (nSPS) is 21.9. The Labute approximate surface area is 121 Å². The van der Waals surface area contributed by atoms with Gasteiger partial charge >= 0.3 is 0 Å². The highest BCUT2D eigenvalue weighted by Gasteiger charge is 2.35. The maximum Gasteiger partial charge on any atom is 0.237 e. The smallest absolute Gasteiger partial charge is 0.237 e. The van der Waals surface area contributed by atoms with Gasteiger partial charge in [0.05, 0.1) is 6.04 Å². The maximum absolute atomic E-state index is 12.0. The fourth-order valence-corrected chi connectivity index (χ4v) is 2.54. The minimum absolute atomic E-state index is 0.0978. The van der Waals surface area contributed by atoms with E-state index in [1.165, 1.54) is 0 Å². The first-order valence-electron chi connectivity index (χ1n) is 7.79. The molecule has 2 fully saturated rings. The van der Waals surface area contributed by atoms with Crippen LogP contribution in [0.1, 0.15) is 33.6 Å². The van der Waals surface area contributed by atoms with Crippen LogP contribution in [0, 0.1) is 11.8 Å². The molecular formula is C15H27N3O2. The first kappa shape index (κ1) is 15.3. The lowest BCUT2D eigenvalue weighted by molar-refractivity contribution is -0.135. The summed E-state index contributed by atoms with van der Waals surface area (Å²) in [5.41, 5.74) is 0. The zero-order valence-electron chi connectivity index (χ0n) is 12.9. The van der Waals surface area contributed by atoms with Gasteiger partial charge in [0.15, 0.2) is 0 Å². The summed E-state index contributed by atoms with van der Waals surface area (Å²) < 4.78 is 0. The van der Waals surface area contributed by atoms with E-state index in [4.69, 9.17) is 0 Å². The average molecular weight is 281 g/mol. The Morgan fingerprint density at radius 1 is 1.10 bits per heavy atom. The predicted molar refractivity (Wildman–Crippen MR) is 78.2 cm³/mol. The van der Waals surface area contributed by atoms with Crippen LogP contribution in [-0.2, 0) is 9.59 Å².